The quantitative estimate of drug-likeness (QED) is 0.278. The fourth-order valence-corrected chi connectivity index (χ4v) is 6.38. The van der Waals surface area contributed by atoms with Crippen molar-refractivity contribution in [3.63, 3.8) is 0 Å². The Morgan fingerprint density at radius 2 is 1.57 bits per heavy atom. The summed E-state index contributed by atoms with van der Waals surface area (Å²) >= 11 is 1.18. The molecular formula is C32H32N4O5S. The van der Waals surface area contributed by atoms with E-state index in [0.29, 0.717) is 37.3 Å². The molecule has 10 heteroatoms. The highest BCUT2D eigenvalue weighted by Gasteiger charge is 2.28. The lowest BCUT2D eigenvalue weighted by molar-refractivity contribution is -0.139. The normalized spacial score (nSPS) is 13.7. The summed E-state index contributed by atoms with van der Waals surface area (Å²) in [7, 11) is 0. The van der Waals surface area contributed by atoms with Gasteiger partial charge < -0.3 is 20.1 Å². The number of hydrogen-bond acceptors (Lipinski definition) is 7. The Balaban J connectivity index is 1.14. The summed E-state index contributed by atoms with van der Waals surface area (Å²) < 4.78 is 5.45. The van der Waals surface area contributed by atoms with Crippen molar-refractivity contribution in [2.24, 2.45) is 0 Å². The number of hydrogen-bond donors (Lipinski definition) is 2. The average molecular weight is 585 g/mol. The van der Waals surface area contributed by atoms with Crippen LogP contribution >= 0.6 is 11.3 Å². The highest BCUT2D eigenvalue weighted by molar-refractivity contribution is 7.17. The average Bonchev–Trinajstić information content (AvgIpc) is 3.34. The number of pyridine rings is 1. The third-order valence-electron chi connectivity index (χ3n) is 7.22. The molecule has 2 aromatic heterocycles. The van der Waals surface area contributed by atoms with Crippen molar-refractivity contribution in [2.45, 2.75) is 13.0 Å². The zero-order chi connectivity index (χ0) is 29.5. The van der Waals surface area contributed by atoms with E-state index in [-0.39, 0.29) is 35.7 Å². The van der Waals surface area contributed by atoms with Gasteiger partial charge in [0.15, 0.2) is 0 Å². The second-order valence-electron chi connectivity index (χ2n) is 9.97. The van der Waals surface area contributed by atoms with E-state index in [0.717, 1.165) is 4.88 Å². The van der Waals surface area contributed by atoms with Crippen LogP contribution in [0.4, 0.5) is 5.00 Å². The smallest absolute Gasteiger partial charge is 0.339 e. The molecule has 0 bridgehead atoms. The van der Waals surface area contributed by atoms with Crippen molar-refractivity contribution in [2.75, 3.05) is 44.7 Å². The molecule has 0 aliphatic carbocycles. The molecule has 0 saturated carbocycles. The number of benzene rings is 2. The van der Waals surface area contributed by atoms with Crippen molar-refractivity contribution in [3.05, 3.63) is 107 Å². The van der Waals surface area contributed by atoms with E-state index in [1.54, 1.807) is 36.4 Å². The van der Waals surface area contributed by atoms with Crippen molar-refractivity contribution < 1.29 is 24.2 Å². The van der Waals surface area contributed by atoms with Crippen LogP contribution in [0, 0.1) is 6.92 Å². The number of aromatic carboxylic acids is 1. The van der Waals surface area contributed by atoms with Crippen LogP contribution in [0.3, 0.4) is 0 Å². The molecule has 0 radical (unpaired) electrons. The first kappa shape index (κ1) is 29.1. The van der Waals surface area contributed by atoms with Gasteiger partial charge in [-0.1, -0.05) is 66.7 Å². The summed E-state index contributed by atoms with van der Waals surface area (Å²) in [4.78, 5) is 46.5. The zero-order valence-electron chi connectivity index (χ0n) is 23.2. The third kappa shape index (κ3) is 6.73. The molecule has 1 aliphatic rings. The predicted molar refractivity (Wildman–Crippen MR) is 162 cm³/mol. The molecule has 5 rings (SSSR count). The summed E-state index contributed by atoms with van der Waals surface area (Å²) in [5.41, 5.74) is 3.60. The van der Waals surface area contributed by atoms with Crippen molar-refractivity contribution in [1.29, 1.82) is 0 Å². The number of nitrogens with zero attached hydrogens (tertiary/aromatic N) is 3. The highest BCUT2D eigenvalue weighted by atomic mass is 32.1. The molecule has 216 valence electrons. The Morgan fingerprint density at radius 3 is 2.14 bits per heavy atom. The Kier molecular flexibility index (Phi) is 9.38. The fourth-order valence-electron chi connectivity index (χ4n) is 5.29. The van der Waals surface area contributed by atoms with Gasteiger partial charge >= 0.3 is 5.97 Å². The van der Waals surface area contributed by atoms with Gasteiger partial charge in [-0.3, -0.25) is 19.5 Å². The molecule has 2 N–H and O–H groups in total. The van der Waals surface area contributed by atoms with Gasteiger partial charge in [0.25, 0.3) is 5.91 Å². The monoisotopic (exact) mass is 584 g/mol. The van der Waals surface area contributed by atoms with Gasteiger partial charge in [-0.05, 0) is 24.1 Å². The largest absolute Gasteiger partial charge is 0.478 e. The maximum atomic E-state index is 12.9. The van der Waals surface area contributed by atoms with Crippen LogP contribution in [0.5, 0.6) is 0 Å². The van der Waals surface area contributed by atoms with E-state index in [1.807, 2.05) is 36.4 Å². The van der Waals surface area contributed by atoms with Crippen LogP contribution in [-0.2, 0) is 14.3 Å². The molecule has 4 aromatic rings. The summed E-state index contributed by atoms with van der Waals surface area (Å²) in [6, 6.07) is 24.3. The van der Waals surface area contributed by atoms with Crippen LogP contribution in [0.15, 0.2) is 85.2 Å². The number of piperazine rings is 1. The van der Waals surface area contributed by atoms with Crippen LogP contribution in [-0.4, -0.2) is 77.1 Å². The summed E-state index contributed by atoms with van der Waals surface area (Å²) in [6.07, 6.45) is 3.20. The Hall–Kier alpha value is -4.38. The van der Waals surface area contributed by atoms with Gasteiger partial charge in [-0.25, -0.2) is 4.79 Å². The number of thiophene rings is 1. The predicted octanol–water partition coefficient (Wildman–Crippen LogP) is 4.71. The molecule has 9 nitrogen and oxygen atoms in total. The van der Waals surface area contributed by atoms with Crippen molar-refractivity contribution in [1.82, 2.24) is 14.8 Å². The molecule has 0 unspecified atom stereocenters. The maximum absolute atomic E-state index is 12.9. The Bertz CT molecular complexity index is 1480. The lowest BCUT2D eigenvalue weighted by Gasteiger charge is -2.39. The molecule has 1 saturated heterocycles. The van der Waals surface area contributed by atoms with E-state index in [1.165, 1.54) is 22.5 Å². The van der Waals surface area contributed by atoms with Gasteiger partial charge in [0, 0.05) is 54.6 Å². The van der Waals surface area contributed by atoms with E-state index in [9.17, 15) is 19.5 Å². The van der Waals surface area contributed by atoms with Crippen LogP contribution < -0.4 is 5.32 Å². The van der Waals surface area contributed by atoms with Gasteiger partial charge in [-0.15, -0.1) is 11.3 Å². The third-order valence-corrected chi connectivity index (χ3v) is 8.24. The molecule has 2 amide bonds. The van der Waals surface area contributed by atoms with Gasteiger partial charge in [0.05, 0.1) is 6.04 Å². The van der Waals surface area contributed by atoms with E-state index in [2.05, 4.69) is 39.5 Å². The summed E-state index contributed by atoms with van der Waals surface area (Å²) in [5, 5.41) is 12.7. The number of rotatable bonds is 10. The number of amides is 2. The molecule has 42 heavy (non-hydrogen) atoms. The standard InChI is InChI=1S/C32H32N4O5S/c1-22-28(25-13-8-14-33-19-25)29(32(39)40)31(42-22)34-26(37)20-41-21-27(38)35-15-17-36(18-16-35)30(23-9-4-2-5-10-23)24-11-6-3-7-12-24/h2-14,19,30H,15-18,20-21H2,1H3,(H,34,37)(H,39,40). The topological polar surface area (TPSA) is 112 Å². The van der Waals surface area contributed by atoms with Crippen molar-refractivity contribution in [3.8, 4) is 11.1 Å². The first-order valence-electron chi connectivity index (χ1n) is 13.7. The molecule has 0 atom stereocenters. The molecule has 1 aliphatic heterocycles. The van der Waals surface area contributed by atoms with Crippen LogP contribution in [0.2, 0.25) is 0 Å². The first-order valence-corrected chi connectivity index (χ1v) is 14.5. The van der Waals surface area contributed by atoms with E-state index < -0.39 is 11.9 Å². The van der Waals surface area contributed by atoms with Gasteiger partial charge in [0.1, 0.15) is 23.8 Å². The van der Waals surface area contributed by atoms with Crippen LogP contribution in [0.25, 0.3) is 11.1 Å². The number of carbonyl (C=O) groups is 3. The van der Waals surface area contributed by atoms with Crippen molar-refractivity contribution >= 4 is 34.1 Å². The maximum Gasteiger partial charge on any atom is 0.339 e. The summed E-state index contributed by atoms with van der Waals surface area (Å²) in [5.74, 6) is -1.86. The zero-order valence-corrected chi connectivity index (χ0v) is 24.0. The lowest BCUT2D eigenvalue weighted by atomic mass is 9.96. The minimum Gasteiger partial charge on any atom is -0.478 e. The minimum atomic E-state index is -1.15. The second-order valence-corrected chi connectivity index (χ2v) is 11.2. The Morgan fingerprint density at radius 1 is 0.929 bits per heavy atom. The number of anilines is 1. The number of nitrogens with one attached hydrogen (secondary N) is 1. The lowest BCUT2D eigenvalue weighted by Crippen LogP contribution is -2.50. The van der Waals surface area contributed by atoms with Crippen LogP contribution in [0.1, 0.15) is 32.4 Å². The number of carboxylic acids is 1. The number of aromatic nitrogens is 1. The van der Waals surface area contributed by atoms with Gasteiger partial charge in [0.2, 0.25) is 5.91 Å². The minimum absolute atomic E-state index is 0.0112. The molecule has 0 spiro atoms. The fraction of sp³-hybridized carbons (Fsp3) is 0.250. The number of carbonyl (C=O) groups excluding carboxylic acids is 2. The SMILES string of the molecule is Cc1sc(NC(=O)COCC(=O)N2CCN(C(c3ccccc3)c3ccccc3)CC2)c(C(=O)O)c1-c1cccnc1. The van der Waals surface area contributed by atoms with Gasteiger partial charge in [-0.2, -0.15) is 0 Å². The molecular weight excluding hydrogens is 552 g/mol. The Labute approximate surface area is 248 Å². The number of ether oxygens (including phenoxy) is 1. The van der Waals surface area contributed by atoms with E-state index in [4.69, 9.17) is 4.74 Å². The number of aryl methyl sites for hydroxylation is 1. The highest BCUT2D eigenvalue weighted by Crippen LogP contribution is 2.39. The molecule has 3 heterocycles. The summed E-state index contributed by atoms with van der Waals surface area (Å²) in [6.45, 7) is 3.71. The number of carboxylic acid groups (broad SMARTS) is 1. The second kappa shape index (κ2) is 13.5. The molecule has 2 aromatic carbocycles. The van der Waals surface area contributed by atoms with E-state index >= 15 is 0 Å². The molecule has 1 fully saturated rings. The first-order chi connectivity index (χ1) is 20.4.